The summed E-state index contributed by atoms with van der Waals surface area (Å²) in [5.41, 5.74) is 8.64. The van der Waals surface area contributed by atoms with Gasteiger partial charge in [0.05, 0.1) is 5.41 Å². The summed E-state index contributed by atoms with van der Waals surface area (Å²) >= 11 is 0. The lowest BCUT2D eigenvalue weighted by atomic mass is 9.70. The molecule has 1 aromatic carbocycles. The van der Waals surface area contributed by atoms with Gasteiger partial charge in [0.25, 0.3) is 0 Å². The Morgan fingerprint density at radius 3 is 2.52 bits per heavy atom. The number of benzene rings is 1. The summed E-state index contributed by atoms with van der Waals surface area (Å²) in [5, 5.41) is 0. The van der Waals surface area contributed by atoms with Crippen LogP contribution in [0.4, 0.5) is 0 Å². The maximum absolute atomic E-state index is 3.65. The molecule has 0 radical (unpaired) electrons. The molecule has 2 heteroatoms. The zero-order valence-electron chi connectivity index (χ0n) is 13.3. The van der Waals surface area contributed by atoms with Crippen LogP contribution < -0.4 is 5.43 Å². The molecule has 1 aromatic rings. The highest BCUT2D eigenvalue weighted by molar-refractivity contribution is 5.90. The van der Waals surface area contributed by atoms with E-state index in [1.807, 2.05) is 0 Å². The van der Waals surface area contributed by atoms with Gasteiger partial charge < -0.3 is 0 Å². The summed E-state index contributed by atoms with van der Waals surface area (Å²) in [6.07, 6.45) is 6.34. The molecule has 110 valence electrons. The van der Waals surface area contributed by atoms with E-state index < -0.39 is 0 Å². The van der Waals surface area contributed by atoms with Gasteiger partial charge in [0.1, 0.15) is 5.70 Å². The number of nitrogens with one attached hydrogen (secondary N) is 1. The van der Waals surface area contributed by atoms with E-state index >= 15 is 0 Å². The minimum Gasteiger partial charge on any atom is -0.165 e. The molecule has 2 aliphatic carbocycles. The van der Waals surface area contributed by atoms with Crippen LogP contribution in [0.2, 0.25) is 0 Å². The zero-order chi connectivity index (χ0) is 14.7. The van der Waals surface area contributed by atoms with Crippen molar-refractivity contribution in [3.8, 4) is 0 Å². The fraction of sp³-hybridized carbons (Fsp3) is 0.526. The van der Waals surface area contributed by atoms with Gasteiger partial charge in [-0.25, -0.2) is 0 Å². The maximum atomic E-state index is 3.65. The van der Waals surface area contributed by atoms with E-state index in [9.17, 15) is 0 Å². The molecule has 21 heavy (non-hydrogen) atoms. The highest BCUT2D eigenvalue weighted by atomic mass is 15.5. The Balaban J connectivity index is 1.66. The Bertz CT molecular complexity index is 639. The summed E-state index contributed by atoms with van der Waals surface area (Å²) in [6, 6.07) is 10.6. The van der Waals surface area contributed by atoms with Crippen LogP contribution in [0.25, 0.3) is 5.70 Å². The van der Waals surface area contributed by atoms with Gasteiger partial charge in [0.2, 0.25) is 0 Å². The van der Waals surface area contributed by atoms with E-state index in [1.54, 1.807) is 5.71 Å². The molecule has 1 aliphatic heterocycles. The predicted octanol–water partition coefficient (Wildman–Crippen LogP) is 3.85. The molecule has 1 heterocycles. The van der Waals surface area contributed by atoms with Crippen LogP contribution in [-0.4, -0.2) is 16.9 Å². The van der Waals surface area contributed by atoms with Gasteiger partial charge in [-0.1, -0.05) is 44.2 Å². The molecular weight excluding hydrogens is 256 g/mol. The number of rotatable bonds is 1. The third kappa shape index (κ3) is 1.68. The van der Waals surface area contributed by atoms with Gasteiger partial charge >= 0.3 is 0 Å². The first-order chi connectivity index (χ1) is 10.0. The number of hydrazone groups is 1. The Hall–Kier alpha value is -1.57. The Morgan fingerprint density at radius 1 is 1.14 bits per heavy atom. The van der Waals surface area contributed by atoms with E-state index in [4.69, 9.17) is 0 Å². The maximum Gasteiger partial charge on any atom is 0.192 e. The van der Waals surface area contributed by atoms with E-state index in [-0.39, 0.29) is 0 Å². The standard InChI is InChI=1S/C19H25N2/c1-18(2)15-9-11-19(18,3)17(13-15)21-12-10-16(20-21)14-7-5-4-6-8-14/h4-8,10,15,20H,9,11-13H2,1-3H3/q+1. The van der Waals surface area contributed by atoms with Crippen molar-refractivity contribution < 1.29 is 4.68 Å². The van der Waals surface area contributed by atoms with Gasteiger partial charge in [0, 0.05) is 18.1 Å². The fourth-order valence-corrected chi connectivity index (χ4v) is 4.73. The van der Waals surface area contributed by atoms with Gasteiger partial charge in [-0.2, -0.15) is 5.43 Å². The average molecular weight is 281 g/mol. The van der Waals surface area contributed by atoms with Crippen LogP contribution in [0, 0.1) is 16.7 Å². The third-order valence-electron chi connectivity index (χ3n) is 6.66. The van der Waals surface area contributed by atoms with Crippen LogP contribution in [0.3, 0.4) is 0 Å². The van der Waals surface area contributed by atoms with Crippen LogP contribution >= 0.6 is 0 Å². The Morgan fingerprint density at radius 2 is 1.90 bits per heavy atom. The van der Waals surface area contributed by atoms with Crippen LogP contribution in [0.5, 0.6) is 0 Å². The van der Waals surface area contributed by atoms with E-state index in [1.165, 1.54) is 30.5 Å². The second-order valence-electron chi connectivity index (χ2n) is 7.65. The van der Waals surface area contributed by atoms with Crippen molar-refractivity contribution in [3.05, 3.63) is 42.0 Å². The van der Waals surface area contributed by atoms with Crippen molar-refractivity contribution in [2.45, 2.75) is 40.0 Å². The highest BCUT2D eigenvalue weighted by Gasteiger charge is 2.64. The first-order valence-corrected chi connectivity index (χ1v) is 8.18. The lowest BCUT2D eigenvalue weighted by molar-refractivity contribution is -0.561. The quantitative estimate of drug-likeness (QED) is 0.773. The zero-order valence-corrected chi connectivity index (χ0v) is 13.3. The predicted molar refractivity (Wildman–Crippen MR) is 86.9 cm³/mol. The van der Waals surface area contributed by atoms with Gasteiger partial charge in [0.15, 0.2) is 12.3 Å². The van der Waals surface area contributed by atoms with Crippen LogP contribution in [-0.2, 0) is 0 Å². The number of hydrogen-bond acceptors (Lipinski definition) is 1. The number of nitrogens with zero attached hydrogens (tertiary/aromatic N) is 1. The number of hydrazine groups is 1. The largest absolute Gasteiger partial charge is 0.192 e. The highest BCUT2D eigenvalue weighted by Crippen LogP contribution is 2.63. The van der Waals surface area contributed by atoms with E-state index in [0.29, 0.717) is 10.8 Å². The molecule has 3 aliphatic rings. The molecule has 2 nitrogen and oxygen atoms in total. The summed E-state index contributed by atoms with van der Waals surface area (Å²) in [5.74, 6) is 0.861. The monoisotopic (exact) mass is 281 g/mol. The lowest BCUT2D eigenvalue weighted by Crippen LogP contribution is -2.40. The molecular formula is C19H25N2+. The normalized spacial score (nSPS) is 36.7. The molecule has 2 bridgehead atoms. The molecule has 2 fully saturated rings. The lowest BCUT2D eigenvalue weighted by Gasteiger charge is -2.32. The van der Waals surface area contributed by atoms with E-state index in [2.05, 4.69) is 67.3 Å². The van der Waals surface area contributed by atoms with E-state index in [0.717, 1.165) is 12.5 Å². The second-order valence-corrected chi connectivity index (χ2v) is 7.65. The smallest absolute Gasteiger partial charge is 0.165 e. The summed E-state index contributed by atoms with van der Waals surface area (Å²) in [4.78, 5) is 0. The van der Waals surface area contributed by atoms with Crippen molar-refractivity contribution in [3.63, 3.8) is 0 Å². The fourth-order valence-electron chi connectivity index (χ4n) is 4.73. The van der Waals surface area contributed by atoms with Crippen molar-refractivity contribution >= 4 is 11.4 Å². The molecule has 0 amide bonds. The van der Waals surface area contributed by atoms with Gasteiger partial charge in [-0.3, -0.25) is 0 Å². The molecule has 4 rings (SSSR count). The van der Waals surface area contributed by atoms with Crippen LogP contribution in [0.15, 0.2) is 36.4 Å². The molecule has 0 aromatic heterocycles. The number of hydrogen-bond donors (Lipinski definition) is 1. The van der Waals surface area contributed by atoms with Crippen LogP contribution in [0.1, 0.15) is 45.6 Å². The SMILES string of the molecule is CC12CCC(CC1=[N+]1CC=C(c3ccccc3)N1)C2(C)C. The van der Waals surface area contributed by atoms with Gasteiger partial charge in [-0.15, -0.1) is 4.68 Å². The molecule has 2 unspecified atom stereocenters. The topological polar surface area (TPSA) is 15.0 Å². The van der Waals surface area contributed by atoms with Gasteiger partial charge in [-0.05, 0) is 31.1 Å². The second kappa shape index (κ2) is 4.22. The Kier molecular flexibility index (Phi) is 2.64. The summed E-state index contributed by atoms with van der Waals surface area (Å²) in [6.45, 7) is 8.42. The molecule has 2 saturated carbocycles. The van der Waals surface area contributed by atoms with Crippen molar-refractivity contribution in [2.24, 2.45) is 16.7 Å². The average Bonchev–Trinajstić information content (AvgIpc) is 3.10. The molecule has 1 N–H and O–H groups in total. The van der Waals surface area contributed by atoms with Crippen molar-refractivity contribution in [1.82, 2.24) is 5.43 Å². The minimum absolute atomic E-state index is 0.366. The minimum atomic E-state index is 0.366. The first-order valence-electron chi connectivity index (χ1n) is 8.18. The van der Waals surface area contributed by atoms with Crippen molar-refractivity contribution in [2.75, 3.05) is 6.54 Å². The molecule has 2 atom stereocenters. The summed E-state index contributed by atoms with van der Waals surface area (Å²) < 4.78 is 2.42. The third-order valence-corrected chi connectivity index (χ3v) is 6.66. The van der Waals surface area contributed by atoms with Crippen molar-refractivity contribution in [1.29, 1.82) is 0 Å². The number of fused-ring (bicyclic) bond motifs is 2. The summed E-state index contributed by atoms with van der Waals surface area (Å²) in [7, 11) is 0. The molecule has 0 saturated heterocycles. The molecule has 0 spiro atoms. The Labute approximate surface area is 127 Å². The first kappa shape index (κ1) is 13.1.